The van der Waals surface area contributed by atoms with E-state index in [0.29, 0.717) is 11.8 Å². The normalized spacial score (nSPS) is 22.3. The van der Waals surface area contributed by atoms with Crippen molar-refractivity contribution >= 4 is 34.1 Å². The molecule has 63 heavy (non-hydrogen) atoms. The third kappa shape index (κ3) is 6.13. The Hall–Kier alpha value is -6.64. The number of hydrogen-bond acceptors (Lipinski definition) is 2. The van der Waals surface area contributed by atoms with Gasteiger partial charge in [0.15, 0.2) is 0 Å². The van der Waals surface area contributed by atoms with E-state index >= 15 is 0 Å². The summed E-state index contributed by atoms with van der Waals surface area (Å²) in [5, 5.41) is 0. The van der Waals surface area contributed by atoms with E-state index < -0.39 is 0 Å². The average Bonchev–Trinajstić information content (AvgIpc) is 3.56. The molecule has 0 atom stereocenters. The first-order chi connectivity index (χ1) is 31.0. The Labute approximate surface area is 373 Å². The molecular weight excluding hydrogens is 761 g/mol. The molecule has 13 rings (SSSR count). The number of benzene rings is 8. The van der Waals surface area contributed by atoms with Crippen LogP contribution < -0.4 is 9.80 Å². The lowest BCUT2D eigenvalue weighted by Gasteiger charge is -2.62. The van der Waals surface area contributed by atoms with Gasteiger partial charge in [-0.15, -0.1) is 0 Å². The van der Waals surface area contributed by atoms with E-state index in [1.54, 1.807) is 0 Å². The molecule has 0 aliphatic heterocycles. The van der Waals surface area contributed by atoms with Crippen molar-refractivity contribution < 1.29 is 0 Å². The second kappa shape index (κ2) is 15.0. The number of hydrogen-bond donors (Lipinski definition) is 0. The van der Waals surface area contributed by atoms with E-state index in [0.717, 1.165) is 17.5 Å². The largest absolute Gasteiger partial charge is 0.310 e. The highest BCUT2D eigenvalue weighted by Gasteiger charge is 2.58. The summed E-state index contributed by atoms with van der Waals surface area (Å²) in [6, 6.07) is 77.3. The summed E-state index contributed by atoms with van der Waals surface area (Å²) in [5.41, 5.74) is 17.9. The minimum atomic E-state index is -0.0705. The summed E-state index contributed by atoms with van der Waals surface area (Å²) in [4.78, 5) is 4.91. The molecule has 0 aromatic heterocycles. The average molecular weight is 815 g/mol. The van der Waals surface area contributed by atoms with Gasteiger partial charge in [-0.3, -0.25) is 0 Å². The lowest BCUT2D eigenvalue weighted by Crippen LogP contribution is -2.56. The van der Waals surface area contributed by atoms with Gasteiger partial charge in [0, 0.05) is 44.8 Å². The van der Waals surface area contributed by atoms with Crippen molar-refractivity contribution in [3.05, 3.63) is 229 Å². The molecule has 0 N–H and O–H groups in total. The van der Waals surface area contributed by atoms with Crippen LogP contribution in [0.3, 0.4) is 0 Å². The van der Waals surface area contributed by atoms with Gasteiger partial charge in [-0.25, -0.2) is 0 Å². The molecule has 0 spiro atoms. The number of fused-ring (bicyclic) bond motifs is 3. The second-order valence-electron chi connectivity index (χ2n) is 19.4. The Bertz CT molecular complexity index is 2890. The first-order valence-corrected chi connectivity index (χ1v) is 23.3. The molecule has 0 radical (unpaired) electrons. The van der Waals surface area contributed by atoms with Gasteiger partial charge < -0.3 is 9.80 Å². The monoisotopic (exact) mass is 814 g/mol. The van der Waals surface area contributed by atoms with E-state index in [-0.39, 0.29) is 10.8 Å². The zero-order chi connectivity index (χ0) is 42.1. The predicted molar refractivity (Wildman–Crippen MR) is 263 cm³/mol. The summed E-state index contributed by atoms with van der Waals surface area (Å²) in [6.07, 6.45) is 6.77. The van der Waals surface area contributed by atoms with Gasteiger partial charge in [-0.1, -0.05) is 153 Å². The number of rotatable bonds is 9. The minimum Gasteiger partial charge on any atom is -0.310 e. The van der Waals surface area contributed by atoms with Crippen molar-refractivity contribution in [3.8, 4) is 22.3 Å². The molecule has 2 heteroatoms. The van der Waals surface area contributed by atoms with Crippen LogP contribution in [0.2, 0.25) is 0 Å². The quantitative estimate of drug-likeness (QED) is 0.143. The summed E-state index contributed by atoms with van der Waals surface area (Å²) in [6.45, 7) is 4.76. The lowest BCUT2D eigenvalue weighted by atomic mass is 9.42. The van der Waals surface area contributed by atoms with Crippen molar-refractivity contribution in [2.75, 3.05) is 9.80 Å². The molecule has 4 bridgehead atoms. The van der Waals surface area contributed by atoms with E-state index in [1.165, 1.54) is 105 Å². The fourth-order valence-electron chi connectivity index (χ4n) is 13.2. The maximum Gasteiger partial charge on any atom is 0.0540 e. The van der Waals surface area contributed by atoms with Gasteiger partial charge in [-0.05, 0) is 161 Å². The SMILES string of the molecule is CC1(C)c2ccccc2-c2ccc(N(c3ccccc3)c3ccc(C4(c5ccc(N(c6ccccc6)c6ccccc6-c6ccccc6)cc5)C5CC6CC(C5)CC4C6)cc3)cc21. The van der Waals surface area contributed by atoms with E-state index in [9.17, 15) is 0 Å². The third-order valence-corrected chi connectivity index (χ3v) is 15.7. The van der Waals surface area contributed by atoms with E-state index in [2.05, 4.69) is 230 Å². The third-order valence-electron chi connectivity index (χ3n) is 15.7. The zero-order valence-electron chi connectivity index (χ0n) is 36.4. The Morgan fingerprint density at radius 1 is 0.365 bits per heavy atom. The molecule has 8 aromatic rings. The van der Waals surface area contributed by atoms with Crippen LogP contribution in [-0.4, -0.2) is 0 Å². The Morgan fingerprint density at radius 2 is 0.810 bits per heavy atom. The fraction of sp³-hybridized carbons (Fsp3) is 0.213. The lowest BCUT2D eigenvalue weighted by molar-refractivity contribution is -0.0418. The summed E-state index contributed by atoms with van der Waals surface area (Å²) in [7, 11) is 0. The standard InChI is InChI=1S/C61H54N2/c1-60(2)57-24-14-12-23-55(57)56-35-34-53(41-58(56)60)62(49-18-8-4-9-19-49)51-30-26-45(27-31-51)61(47-37-42-36-43(39-47)40-48(61)38-42)46-28-32-52(33-29-46)63(50-20-10-5-11-21-50)59-25-15-13-22-54(59)44-16-6-3-7-17-44/h3-35,41-43,47-48H,36-40H2,1-2H3. The molecule has 5 aliphatic carbocycles. The molecule has 0 heterocycles. The molecule has 308 valence electrons. The smallest absolute Gasteiger partial charge is 0.0540 e. The van der Waals surface area contributed by atoms with Crippen molar-refractivity contribution in [2.24, 2.45) is 23.7 Å². The van der Waals surface area contributed by atoms with Gasteiger partial charge in [0.25, 0.3) is 0 Å². The molecule has 4 saturated carbocycles. The molecular formula is C61H54N2. The first-order valence-electron chi connectivity index (χ1n) is 23.3. The van der Waals surface area contributed by atoms with Crippen LogP contribution in [0.15, 0.2) is 206 Å². The first kappa shape index (κ1) is 38.1. The van der Waals surface area contributed by atoms with Crippen LogP contribution in [0.4, 0.5) is 34.1 Å². The van der Waals surface area contributed by atoms with Crippen molar-refractivity contribution in [3.63, 3.8) is 0 Å². The number of para-hydroxylation sites is 3. The molecule has 4 fully saturated rings. The van der Waals surface area contributed by atoms with Crippen LogP contribution in [0, 0.1) is 23.7 Å². The van der Waals surface area contributed by atoms with Crippen LogP contribution in [0.1, 0.15) is 68.2 Å². The molecule has 0 amide bonds. The Balaban J connectivity index is 0.957. The highest BCUT2D eigenvalue weighted by Crippen LogP contribution is 2.65. The Morgan fingerprint density at radius 3 is 1.41 bits per heavy atom. The van der Waals surface area contributed by atoms with Crippen LogP contribution in [-0.2, 0) is 10.8 Å². The molecule has 0 saturated heterocycles. The van der Waals surface area contributed by atoms with E-state index in [4.69, 9.17) is 0 Å². The van der Waals surface area contributed by atoms with Crippen molar-refractivity contribution in [1.29, 1.82) is 0 Å². The van der Waals surface area contributed by atoms with Gasteiger partial charge in [0.1, 0.15) is 0 Å². The highest BCUT2D eigenvalue weighted by atomic mass is 15.1. The zero-order valence-corrected chi connectivity index (χ0v) is 36.4. The molecule has 0 unspecified atom stereocenters. The molecule has 5 aliphatic rings. The minimum absolute atomic E-state index is 0.0229. The highest BCUT2D eigenvalue weighted by molar-refractivity contribution is 5.89. The van der Waals surface area contributed by atoms with Gasteiger partial charge >= 0.3 is 0 Å². The van der Waals surface area contributed by atoms with Crippen LogP contribution in [0.5, 0.6) is 0 Å². The maximum atomic E-state index is 2.51. The van der Waals surface area contributed by atoms with Gasteiger partial charge in [0.2, 0.25) is 0 Å². The summed E-state index contributed by atoms with van der Waals surface area (Å²) >= 11 is 0. The number of nitrogens with zero attached hydrogens (tertiary/aromatic N) is 2. The van der Waals surface area contributed by atoms with Gasteiger partial charge in [-0.2, -0.15) is 0 Å². The molecule has 2 nitrogen and oxygen atoms in total. The fourth-order valence-corrected chi connectivity index (χ4v) is 13.2. The summed E-state index contributed by atoms with van der Waals surface area (Å²) < 4.78 is 0. The van der Waals surface area contributed by atoms with Crippen molar-refractivity contribution in [1.82, 2.24) is 0 Å². The van der Waals surface area contributed by atoms with Crippen LogP contribution in [0.25, 0.3) is 22.3 Å². The molecule has 8 aromatic carbocycles. The summed E-state index contributed by atoms with van der Waals surface area (Å²) in [5.74, 6) is 3.01. The predicted octanol–water partition coefficient (Wildman–Crippen LogP) is 16.3. The maximum absolute atomic E-state index is 2.51. The Kier molecular flexibility index (Phi) is 9.08. The van der Waals surface area contributed by atoms with Crippen LogP contribution >= 0.6 is 0 Å². The topological polar surface area (TPSA) is 6.48 Å². The number of anilines is 6. The van der Waals surface area contributed by atoms with Crippen molar-refractivity contribution in [2.45, 2.75) is 56.8 Å². The van der Waals surface area contributed by atoms with Gasteiger partial charge in [0.05, 0.1) is 5.69 Å². The van der Waals surface area contributed by atoms with E-state index in [1.807, 2.05) is 0 Å². The second-order valence-corrected chi connectivity index (χ2v) is 19.4.